The highest BCUT2D eigenvalue weighted by Gasteiger charge is 2.24. The molecule has 1 aromatic rings. The van der Waals surface area contributed by atoms with E-state index in [4.69, 9.17) is 0 Å². The second-order valence-corrected chi connectivity index (χ2v) is 5.53. The standard InChI is InChI=1S/C11H18N4O2S/c1-2-7-15-10(17)13-14-11(15)18-8-5-3-4-6-12-9(8)16/h8H,2-7H2,1H3,(H,12,16)(H,13,17)/t8-/m0/s1. The summed E-state index contributed by atoms with van der Waals surface area (Å²) in [4.78, 5) is 23.4. The Balaban J connectivity index is 2.12. The topological polar surface area (TPSA) is 79.8 Å². The van der Waals surface area contributed by atoms with Gasteiger partial charge in [-0.3, -0.25) is 9.36 Å². The van der Waals surface area contributed by atoms with E-state index in [2.05, 4.69) is 15.5 Å². The normalized spacial score (nSPS) is 20.5. The van der Waals surface area contributed by atoms with E-state index in [1.165, 1.54) is 11.8 Å². The second kappa shape index (κ2) is 6.08. The Morgan fingerprint density at radius 2 is 2.28 bits per heavy atom. The number of nitrogens with zero attached hydrogens (tertiary/aromatic N) is 2. The first-order chi connectivity index (χ1) is 8.72. The molecular weight excluding hydrogens is 252 g/mol. The van der Waals surface area contributed by atoms with E-state index in [-0.39, 0.29) is 16.8 Å². The van der Waals surface area contributed by atoms with Crippen LogP contribution in [-0.2, 0) is 11.3 Å². The van der Waals surface area contributed by atoms with Crippen LogP contribution < -0.4 is 11.0 Å². The summed E-state index contributed by atoms with van der Waals surface area (Å²) in [6.07, 6.45) is 3.75. The van der Waals surface area contributed by atoms with E-state index < -0.39 is 0 Å². The average Bonchev–Trinajstić information content (AvgIpc) is 2.57. The van der Waals surface area contributed by atoms with E-state index in [1.807, 2.05) is 6.92 Å². The summed E-state index contributed by atoms with van der Waals surface area (Å²) in [5.74, 6) is 0.0518. The Morgan fingerprint density at radius 1 is 1.44 bits per heavy atom. The van der Waals surface area contributed by atoms with E-state index in [0.717, 1.165) is 32.2 Å². The Kier molecular flexibility index (Phi) is 4.46. The fraction of sp³-hybridized carbons (Fsp3) is 0.727. The third-order valence-electron chi connectivity index (χ3n) is 2.90. The molecule has 7 heteroatoms. The smallest absolute Gasteiger partial charge is 0.343 e. The number of rotatable bonds is 4. The van der Waals surface area contributed by atoms with Gasteiger partial charge in [0.05, 0.1) is 5.25 Å². The first kappa shape index (κ1) is 13.2. The molecular formula is C11H18N4O2S. The molecule has 2 heterocycles. The lowest BCUT2D eigenvalue weighted by Gasteiger charge is -2.12. The van der Waals surface area contributed by atoms with Gasteiger partial charge in [0.1, 0.15) is 0 Å². The maximum absolute atomic E-state index is 11.8. The summed E-state index contributed by atoms with van der Waals surface area (Å²) in [6.45, 7) is 3.39. The molecule has 0 aromatic carbocycles. The summed E-state index contributed by atoms with van der Waals surface area (Å²) in [5, 5.41) is 9.81. The van der Waals surface area contributed by atoms with Crippen molar-refractivity contribution in [1.82, 2.24) is 20.1 Å². The van der Waals surface area contributed by atoms with Gasteiger partial charge in [-0.25, -0.2) is 9.89 Å². The lowest BCUT2D eigenvalue weighted by atomic mass is 10.2. The van der Waals surface area contributed by atoms with Gasteiger partial charge in [0.25, 0.3) is 0 Å². The maximum atomic E-state index is 11.8. The third-order valence-corrected chi connectivity index (χ3v) is 4.16. The van der Waals surface area contributed by atoms with Crippen LogP contribution in [0.5, 0.6) is 0 Å². The SMILES string of the molecule is CCCn1c(S[C@H]2CCCCNC2=O)n[nH]c1=O. The summed E-state index contributed by atoms with van der Waals surface area (Å²) < 4.78 is 1.60. The molecule has 6 nitrogen and oxygen atoms in total. The average molecular weight is 270 g/mol. The summed E-state index contributed by atoms with van der Waals surface area (Å²) in [5.41, 5.74) is -0.201. The van der Waals surface area contributed by atoms with E-state index >= 15 is 0 Å². The quantitative estimate of drug-likeness (QED) is 0.846. The Morgan fingerprint density at radius 3 is 3.06 bits per heavy atom. The first-order valence-electron chi connectivity index (χ1n) is 6.32. The zero-order valence-electron chi connectivity index (χ0n) is 10.4. The fourth-order valence-corrected chi connectivity index (χ4v) is 3.09. The van der Waals surface area contributed by atoms with E-state index in [9.17, 15) is 9.59 Å². The van der Waals surface area contributed by atoms with Crippen LogP contribution in [0.4, 0.5) is 0 Å². The number of nitrogens with one attached hydrogen (secondary N) is 2. The molecule has 1 fully saturated rings. The van der Waals surface area contributed by atoms with Crippen LogP contribution in [0.1, 0.15) is 32.6 Å². The van der Waals surface area contributed by atoms with Crippen LogP contribution in [0.2, 0.25) is 0 Å². The van der Waals surface area contributed by atoms with Gasteiger partial charge in [-0.1, -0.05) is 25.1 Å². The largest absolute Gasteiger partial charge is 0.355 e. The number of aromatic amines is 1. The second-order valence-electron chi connectivity index (χ2n) is 4.36. The molecule has 1 atom stereocenters. The molecule has 1 aromatic heterocycles. The van der Waals surface area contributed by atoms with Crippen molar-refractivity contribution in [1.29, 1.82) is 0 Å². The van der Waals surface area contributed by atoms with Crippen molar-refractivity contribution in [2.24, 2.45) is 0 Å². The molecule has 1 saturated heterocycles. The predicted octanol–water partition coefficient (Wildman–Crippen LogP) is 0.742. The van der Waals surface area contributed by atoms with Crippen LogP contribution in [0.15, 0.2) is 9.95 Å². The van der Waals surface area contributed by atoms with Gasteiger partial charge >= 0.3 is 5.69 Å². The molecule has 1 aliphatic heterocycles. The highest BCUT2D eigenvalue weighted by molar-refractivity contribution is 8.00. The molecule has 1 amide bonds. The lowest BCUT2D eigenvalue weighted by molar-refractivity contribution is -0.120. The molecule has 100 valence electrons. The number of aromatic nitrogens is 3. The minimum absolute atomic E-state index is 0.0518. The molecule has 0 aliphatic carbocycles. The molecule has 0 spiro atoms. The Labute approximate surface area is 110 Å². The molecule has 18 heavy (non-hydrogen) atoms. The van der Waals surface area contributed by atoms with Gasteiger partial charge < -0.3 is 5.32 Å². The van der Waals surface area contributed by atoms with Crippen LogP contribution in [0.25, 0.3) is 0 Å². The third kappa shape index (κ3) is 2.95. The monoisotopic (exact) mass is 270 g/mol. The number of hydrogen-bond donors (Lipinski definition) is 2. The molecule has 2 N–H and O–H groups in total. The van der Waals surface area contributed by atoms with E-state index in [0.29, 0.717) is 11.7 Å². The minimum atomic E-state index is -0.201. The maximum Gasteiger partial charge on any atom is 0.343 e. The lowest BCUT2D eigenvalue weighted by Crippen LogP contribution is -2.31. The Hall–Kier alpha value is -1.24. The highest BCUT2D eigenvalue weighted by atomic mass is 32.2. The summed E-state index contributed by atoms with van der Waals surface area (Å²) >= 11 is 1.38. The molecule has 1 aliphatic rings. The van der Waals surface area contributed by atoms with Gasteiger partial charge in [-0.15, -0.1) is 5.10 Å². The van der Waals surface area contributed by atoms with Crippen molar-refractivity contribution in [2.75, 3.05) is 6.54 Å². The van der Waals surface area contributed by atoms with Crippen molar-refractivity contribution in [3.8, 4) is 0 Å². The highest BCUT2D eigenvalue weighted by Crippen LogP contribution is 2.25. The van der Waals surface area contributed by atoms with Gasteiger partial charge in [0, 0.05) is 13.1 Å². The predicted molar refractivity (Wildman–Crippen MR) is 69.6 cm³/mol. The van der Waals surface area contributed by atoms with E-state index in [1.54, 1.807) is 4.57 Å². The first-order valence-corrected chi connectivity index (χ1v) is 7.20. The number of carbonyl (C=O) groups excluding carboxylic acids is 1. The van der Waals surface area contributed by atoms with Gasteiger partial charge in [-0.2, -0.15) is 0 Å². The van der Waals surface area contributed by atoms with Crippen molar-refractivity contribution >= 4 is 17.7 Å². The van der Waals surface area contributed by atoms with Crippen molar-refractivity contribution in [3.05, 3.63) is 10.5 Å². The fourth-order valence-electron chi connectivity index (χ4n) is 1.96. The van der Waals surface area contributed by atoms with Crippen LogP contribution in [-0.4, -0.2) is 32.5 Å². The molecule has 0 radical (unpaired) electrons. The molecule has 0 saturated carbocycles. The summed E-state index contributed by atoms with van der Waals surface area (Å²) in [7, 11) is 0. The zero-order chi connectivity index (χ0) is 13.0. The molecule has 0 bridgehead atoms. The van der Waals surface area contributed by atoms with Crippen LogP contribution >= 0.6 is 11.8 Å². The minimum Gasteiger partial charge on any atom is -0.355 e. The molecule has 2 rings (SSSR count). The Bertz CT molecular complexity index is 468. The zero-order valence-corrected chi connectivity index (χ0v) is 11.3. The van der Waals surface area contributed by atoms with Crippen LogP contribution in [0, 0.1) is 0 Å². The number of carbonyl (C=O) groups is 1. The van der Waals surface area contributed by atoms with Gasteiger partial charge in [-0.05, 0) is 19.3 Å². The van der Waals surface area contributed by atoms with Crippen molar-refractivity contribution in [3.63, 3.8) is 0 Å². The molecule has 0 unspecified atom stereocenters. The van der Waals surface area contributed by atoms with Gasteiger partial charge in [0.15, 0.2) is 5.16 Å². The van der Waals surface area contributed by atoms with Crippen LogP contribution in [0.3, 0.4) is 0 Å². The number of amides is 1. The number of thioether (sulfide) groups is 1. The van der Waals surface area contributed by atoms with Gasteiger partial charge in [0.2, 0.25) is 5.91 Å². The number of H-pyrrole nitrogens is 1. The number of hydrogen-bond acceptors (Lipinski definition) is 4. The summed E-state index contributed by atoms with van der Waals surface area (Å²) in [6, 6.07) is 0. The van der Waals surface area contributed by atoms with Crippen molar-refractivity contribution in [2.45, 2.75) is 49.6 Å². The van der Waals surface area contributed by atoms with Crippen molar-refractivity contribution < 1.29 is 4.79 Å².